The molecule has 1 fully saturated rings. The largest absolute Gasteiger partial charge is 0.481 e. The number of carbonyl (C=O) groups is 2. The second kappa shape index (κ2) is 14.4. The highest BCUT2D eigenvalue weighted by Crippen LogP contribution is 2.43. The highest BCUT2D eigenvalue weighted by molar-refractivity contribution is 6.40. The van der Waals surface area contributed by atoms with Crippen molar-refractivity contribution in [3.05, 3.63) is 112 Å². The third kappa shape index (κ3) is 7.67. The van der Waals surface area contributed by atoms with Gasteiger partial charge >= 0.3 is 5.97 Å². The summed E-state index contributed by atoms with van der Waals surface area (Å²) in [5, 5.41) is 21.7. The van der Waals surface area contributed by atoms with Crippen molar-refractivity contribution in [2.24, 2.45) is 5.92 Å². The van der Waals surface area contributed by atoms with Crippen LogP contribution >= 0.6 is 23.2 Å². The molecule has 0 saturated carbocycles. The minimum Gasteiger partial charge on any atom is -0.481 e. The van der Waals surface area contributed by atoms with Crippen LogP contribution in [-0.2, 0) is 38.8 Å². The molecule has 0 aliphatic carbocycles. The summed E-state index contributed by atoms with van der Waals surface area (Å²) in [6.07, 6.45) is 0.0370. The van der Waals surface area contributed by atoms with Crippen LogP contribution in [0.2, 0.25) is 10.3 Å². The number of ether oxygens (including phenoxy) is 2. The predicted molar refractivity (Wildman–Crippen MR) is 166 cm³/mol. The monoisotopic (exact) mass is 637 g/mol. The molecule has 5 rings (SSSR count). The Hall–Kier alpha value is -3.73. The molecule has 0 radical (unpaired) electrons. The van der Waals surface area contributed by atoms with Gasteiger partial charge in [-0.2, -0.15) is 0 Å². The van der Waals surface area contributed by atoms with E-state index in [0.717, 1.165) is 33.4 Å². The quantitative estimate of drug-likeness (QED) is 0.176. The third-order valence-electron chi connectivity index (χ3n) is 7.71. The number of nitrogens with zero attached hydrogens (tertiary/aromatic N) is 2. The Morgan fingerprint density at radius 1 is 0.932 bits per heavy atom. The Morgan fingerprint density at radius 3 is 2.34 bits per heavy atom. The number of aliphatic hydroxyl groups excluding tert-OH is 1. The van der Waals surface area contributed by atoms with E-state index in [1.54, 1.807) is 10.9 Å². The number of amides is 1. The molecule has 1 aliphatic heterocycles. The first-order valence-electron chi connectivity index (χ1n) is 14.3. The van der Waals surface area contributed by atoms with Crippen LogP contribution in [0.5, 0.6) is 0 Å². The first-order valence-corrected chi connectivity index (χ1v) is 15.0. The van der Waals surface area contributed by atoms with Gasteiger partial charge in [0, 0.05) is 24.4 Å². The van der Waals surface area contributed by atoms with Crippen LogP contribution in [0.3, 0.4) is 0 Å². The van der Waals surface area contributed by atoms with E-state index < -0.39 is 12.3 Å². The van der Waals surface area contributed by atoms with Crippen molar-refractivity contribution in [3.63, 3.8) is 0 Å². The Labute approximate surface area is 265 Å². The second-order valence-corrected chi connectivity index (χ2v) is 11.5. The first kappa shape index (κ1) is 31.7. The fraction of sp³-hybridized carbons (Fsp3) is 0.303. The molecule has 3 N–H and O–H groups in total. The van der Waals surface area contributed by atoms with E-state index in [0.29, 0.717) is 11.7 Å². The molecular weight excluding hydrogens is 605 g/mol. The number of aliphatic carboxylic acids is 1. The molecule has 2 heterocycles. The summed E-state index contributed by atoms with van der Waals surface area (Å²) in [6, 6.07) is 23.4. The van der Waals surface area contributed by atoms with E-state index in [-0.39, 0.29) is 55.2 Å². The highest BCUT2D eigenvalue weighted by atomic mass is 35.5. The van der Waals surface area contributed by atoms with Gasteiger partial charge in [-0.05, 0) is 39.9 Å². The van der Waals surface area contributed by atoms with Crippen molar-refractivity contribution < 1.29 is 29.3 Å². The molecule has 4 unspecified atom stereocenters. The number of halogens is 2. The smallest absolute Gasteiger partial charge is 0.303 e. The topological polar surface area (TPSA) is 123 Å². The molecular formula is C33H33Cl2N3O6. The van der Waals surface area contributed by atoms with Crippen molar-refractivity contribution in [1.82, 2.24) is 14.9 Å². The summed E-state index contributed by atoms with van der Waals surface area (Å²) >= 11 is 12.5. The van der Waals surface area contributed by atoms with Gasteiger partial charge in [-0.3, -0.25) is 9.59 Å². The summed E-state index contributed by atoms with van der Waals surface area (Å²) in [5.41, 5.74) is 5.39. The Kier molecular flexibility index (Phi) is 10.3. The lowest BCUT2D eigenvalue weighted by molar-refractivity contribution is -0.276. The van der Waals surface area contributed by atoms with Crippen LogP contribution in [0.4, 0.5) is 0 Å². The average molecular weight is 639 g/mol. The summed E-state index contributed by atoms with van der Waals surface area (Å²) in [6.45, 7) is 2.74. The van der Waals surface area contributed by atoms with Gasteiger partial charge in [0.25, 0.3) is 0 Å². The van der Waals surface area contributed by atoms with Gasteiger partial charge in [-0.15, -0.1) is 0 Å². The number of hydrogen-bond acceptors (Lipinski definition) is 6. The van der Waals surface area contributed by atoms with Crippen LogP contribution in [0.1, 0.15) is 54.4 Å². The van der Waals surface area contributed by atoms with Crippen molar-refractivity contribution in [1.29, 1.82) is 0 Å². The molecule has 1 aliphatic rings. The lowest BCUT2D eigenvalue weighted by atomic mass is 9.90. The zero-order chi connectivity index (χ0) is 31.2. The maximum atomic E-state index is 12.0. The van der Waals surface area contributed by atoms with E-state index >= 15 is 0 Å². The van der Waals surface area contributed by atoms with Gasteiger partial charge in [-0.1, -0.05) is 90.8 Å². The standard InChI is InChI=1S/C33H33Cl2N3O6/c1-20-27(17-38-19-37-31(34)32(38)35)43-33(44-30(20)23-10-8-21(18-39)9-11-23)26-7-3-6-25(15-26)24-5-2-4-22(14-24)16-36-28(40)12-13-29(41)42/h2-11,14-15,19-20,27,30,33,39H,12-13,16-18H2,1H3,(H,36,40)(H,41,42). The third-order valence-corrected chi connectivity index (χ3v) is 8.48. The number of aliphatic hydroxyl groups is 1. The number of nitrogens with one attached hydrogen (secondary N) is 1. The van der Waals surface area contributed by atoms with Gasteiger partial charge < -0.3 is 29.6 Å². The fourth-order valence-electron chi connectivity index (χ4n) is 5.23. The number of rotatable bonds is 11. The Bertz CT molecular complexity index is 1610. The zero-order valence-corrected chi connectivity index (χ0v) is 25.5. The lowest BCUT2D eigenvalue weighted by Gasteiger charge is -2.41. The number of hydrogen-bond donors (Lipinski definition) is 3. The van der Waals surface area contributed by atoms with Crippen LogP contribution in [-0.4, -0.2) is 37.7 Å². The molecule has 230 valence electrons. The fourth-order valence-corrected chi connectivity index (χ4v) is 5.54. The summed E-state index contributed by atoms with van der Waals surface area (Å²) < 4.78 is 14.9. The molecule has 44 heavy (non-hydrogen) atoms. The molecule has 4 atom stereocenters. The van der Waals surface area contributed by atoms with Crippen LogP contribution in [0.25, 0.3) is 11.1 Å². The van der Waals surface area contributed by atoms with Crippen LogP contribution in [0.15, 0.2) is 79.1 Å². The van der Waals surface area contributed by atoms with Gasteiger partial charge in [0.15, 0.2) is 11.4 Å². The average Bonchev–Trinajstić information content (AvgIpc) is 3.36. The van der Waals surface area contributed by atoms with Gasteiger partial charge in [0.2, 0.25) is 5.91 Å². The zero-order valence-electron chi connectivity index (χ0n) is 24.0. The van der Waals surface area contributed by atoms with E-state index in [1.165, 1.54) is 0 Å². The SMILES string of the molecule is CC1C(Cn2cnc(Cl)c2Cl)OC(c2cccc(-c3cccc(CNC(=O)CCC(=O)O)c3)c2)OC1c1ccc(CO)cc1. The number of benzene rings is 3. The maximum absolute atomic E-state index is 12.0. The van der Waals surface area contributed by atoms with Crippen LogP contribution < -0.4 is 5.32 Å². The highest BCUT2D eigenvalue weighted by Gasteiger charge is 2.39. The lowest BCUT2D eigenvalue weighted by Crippen LogP contribution is -2.39. The molecule has 1 amide bonds. The Balaban J connectivity index is 1.38. The molecule has 9 nitrogen and oxygen atoms in total. The Morgan fingerprint density at radius 2 is 1.66 bits per heavy atom. The number of imidazole rings is 1. The molecule has 1 saturated heterocycles. The molecule has 1 aromatic heterocycles. The summed E-state index contributed by atoms with van der Waals surface area (Å²) in [4.78, 5) is 26.9. The minimum atomic E-state index is -1.01. The van der Waals surface area contributed by atoms with Crippen LogP contribution in [0, 0.1) is 5.92 Å². The summed E-state index contributed by atoms with van der Waals surface area (Å²) in [7, 11) is 0. The summed E-state index contributed by atoms with van der Waals surface area (Å²) in [5.74, 6) is -1.38. The molecule has 4 aromatic rings. The van der Waals surface area contributed by atoms with E-state index in [1.807, 2.05) is 72.8 Å². The number of carboxylic acid groups (broad SMARTS) is 1. The van der Waals surface area contributed by atoms with Gasteiger partial charge in [-0.25, -0.2) is 4.98 Å². The van der Waals surface area contributed by atoms with Crippen molar-refractivity contribution in [2.75, 3.05) is 0 Å². The van der Waals surface area contributed by atoms with Crippen molar-refractivity contribution in [2.45, 2.75) is 58.0 Å². The number of carboxylic acids is 1. The van der Waals surface area contributed by atoms with Gasteiger partial charge in [0.05, 0.1) is 38.1 Å². The molecule has 0 spiro atoms. The number of carbonyl (C=O) groups excluding carboxylic acids is 1. The number of aromatic nitrogens is 2. The molecule has 0 bridgehead atoms. The normalized spacial score (nSPS) is 19.9. The van der Waals surface area contributed by atoms with E-state index in [9.17, 15) is 14.7 Å². The molecule has 11 heteroatoms. The van der Waals surface area contributed by atoms with Gasteiger partial charge in [0.1, 0.15) is 5.15 Å². The van der Waals surface area contributed by atoms with Crippen molar-refractivity contribution >= 4 is 35.1 Å². The van der Waals surface area contributed by atoms with Crippen molar-refractivity contribution in [3.8, 4) is 11.1 Å². The maximum Gasteiger partial charge on any atom is 0.303 e. The molecule has 3 aromatic carbocycles. The first-order chi connectivity index (χ1) is 21.2. The predicted octanol–water partition coefficient (Wildman–Crippen LogP) is 6.32. The minimum absolute atomic E-state index is 0.0410. The van der Waals surface area contributed by atoms with E-state index in [2.05, 4.69) is 17.2 Å². The second-order valence-electron chi connectivity index (χ2n) is 10.8. The van der Waals surface area contributed by atoms with E-state index in [4.69, 9.17) is 37.8 Å².